The van der Waals surface area contributed by atoms with Crippen LogP contribution in [0.4, 0.5) is 4.39 Å². The van der Waals surface area contributed by atoms with E-state index in [1.165, 1.54) is 12.5 Å². The molecule has 2 aliphatic heterocycles. The molecular weight excluding hydrogens is 285 g/mol. The zero-order chi connectivity index (χ0) is 11.8. The van der Waals surface area contributed by atoms with Crippen LogP contribution in [0.5, 0.6) is 0 Å². The van der Waals surface area contributed by atoms with Gasteiger partial charge >= 0.3 is 0 Å². The average molecular weight is 300 g/mol. The maximum absolute atomic E-state index is 13.6. The molecule has 3 atom stereocenters. The van der Waals surface area contributed by atoms with Crippen LogP contribution in [-0.4, -0.2) is 18.2 Å². The number of fused-ring (bicyclic) bond motifs is 2. The van der Waals surface area contributed by atoms with Crippen molar-refractivity contribution in [3.63, 3.8) is 0 Å². The molecule has 0 amide bonds. The molecule has 3 unspecified atom stereocenters. The van der Waals surface area contributed by atoms with E-state index in [1.54, 1.807) is 0 Å². The summed E-state index contributed by atoms with van der Waals surface area (Å²) < 4.78 is 20.1. The fourth-order valence-corrected chi connectivity index (χ4v) is 3.09. The fraction of sp³-hybridized carbons (Fsp3) is 0.538. The Balaban J connectivity index is 1.60. The third-order valence-electron chi connectivity index (χ3n) is 3.68. The molecule has 2 nitrogen and oxygen atoms in total. The molecule has 0 spiro atoms. The monoisotopic (exact) mass is 299 g/mol. The van der Waals surface area contributed by atoms with E-state index < -0.39 is 0 Å². The SMILES string of the molecule is Fc1cc(Br)ccc1CNC1CC2CCC1O2. The Labute approximate surface area is 109 Å². The minimum atomic E-state index is -0.157. The standard InChI is InChI=1S/C13H15BrFNO/c14-9-2-1-8(11(15)5-9)7-16-12-6-10-3-4-13(12)17-10/h1-2,5,10,12-13,16H,3-4,6-7H2. The van der Waals surface area contributed by atoms with E-state index in [-0.39, 0.29) is 5.82 Å². The third-order valence-corrected chi connectivity index (χ3v) is 4.17. The van der Waals surface area contributed by atoms with Gasteiger partial charge in [0.05, 0.1) is 12.2 Å². The van der Waals surface area contributed by atoms with Crippen molar-refractivity contribution in [1.29, 1.82) is 0 Å². The summed E-state index contributed by atoms with van der Waals surface area (Å²) in [5.74, 6) is -0.157. The van der Waals surface area contributed by atoms with Gasteiger partial charge in [0, 0.05) is 22.6 Å². The van der Waals surface area contributed by atoms with Crippen LogP contribution in [0.1, 0.15) is 24.8 Å². The number of ether oxygens (including phenoxy) is 1. The topological polar surface area (TPSA) is 21.3 Å². The van der Waals surface area contributed by atoms with E-state index in [1.807, 2.05) is 12.1 Å². The molecule has 0 radical (unpaired) electrons. The van der Waals surface area contributed by atoms with Crippen molar-refractivity contribution in [2.24, 2.45) is 0 Å². The normalized spacial score (nSPS) is 31.1. The van der Waals surface area contributed by atoms with Gasteiger partial charge in [-0.05, 0) is 31.4 Å². The summed E-state index contributed by atoms with van der Waals surface area (Å²) in [4.78, 5) is 0. The lowest BCUT2D eigenvalue weighted by Gasteiger charge is -2.20. The maximum Gasteiger partial charge on any atom is 0.128 e. The van der Waals surface area contributed by atoms with Crippen LogP contribution < -0.4 is 5.32 Å². The first kappa shape index (κ1) is 11.6. The Kier molecular flexibility index (Phi) is 3.19. The van der Waals surface area contributed by atoms with E-state index in [0.717, 1.165) is 22.9 Å². The van der Waals surface area contributed by atoms with Crippen molar-refractivity contribution in [2.45, 2.75) is 44.1 Å². The molecule has 2 bridgehead atoms. The van der Waals surface area contributed by atoms with Gasteiger partial charge in [-0.25, -0.2) is 4.39 Å². The Morgan fingerprint density at radius 1 is 1.41 bits per heavy atom. The zero-order valence-corrected chi connectivity index (χ0v) is 11.0. The molecule has 1 aromatic carbocycles. The predicted molar refractivity (Wildman–Crippen MR) is 67.2 cm³/mol. The van der Waals surface area contributed by atoms with Gasteiger partial charge < -0.3 is 10.1 Å². The first-order chi connectivity index (χ1) is 8.22. The zero-order valence-electron chi connectivity index (χ0n) is 9.46. The molecule has 1 aromatic rings. The summed E-state index contributed by atoms with van der Waals surface area (Å²) in [5.41, 5.74) is 0.718. The minimum absolute atomic E-state index is 0.157. The molecule has 0 saturated carbocycles. The van der Waals surface area contributed by atoms with Gasteiger partial charge in [-0.3, -0.25) is 0 Å². The Morgan fingerprint density at radius 3 is 2.94 bits per heavy atom. The molecule has 0 aromatic heterocycles. The molecular formula is C13H15BrFNO. The highest BCUT2D eigenvalue weighted by Crippen LogP contribution is 2.34. The highest BCUT2D eigenvalue weighted by molar-refractivity contribution is 9.10. The highest BCUT2D eigenvalue weighted by Gasteiger charge is 2.40. The molecule has 1 N–H and O–H groups in total. The second-order valence-electron chi connectivity index (χ2n) is 4.83. The van der Waals surface area contributed by atoms with E-state index in [4.69, 9.17) is 4.74 Å². The Hall–Kier alpha value is -0.450. The minimum Gasteiger partial charge on any atom is -0.373 e. The lowest BCUT2D eigenvalue weighted by atomic mass is 9.95. The second-order valence-corrected chi connectivity index (χ2v) is 5.75. The van der Waals surface area contributed by atoms with Crippen LogP contribution in [0.3, 0.4) is 0 Å². The van der Waals surface area contributed by atoms with Gasteiger partial charge in [-0.2, -0.15) is 0 Å². The van der Waals surface area contributed by atoms with Crippen molar-refractivity contribution >= 4 is 15.9 Å². The van der Waals surface area contributed by atoms with Crippen LogP contribution in [-0.2, 0) is 11.3 Å². The molecule has 17 heavy (non-hydrogen) atoms. The van der Waals surface area contributed by atoms with Crippen molar-refractivity contribution in [1.82, 2.24) is 5.32 Å². The number of rotatable bonds is 3. The van der Waals surface area contributed by atoms with Crippen molar-refractivity contribution < 1.29 is 9.13 Å². The van der Waals surface area contributed by atoms with Crippen molar-refractivity contribution in [3.05, 3.63) is 34.1 Å². The van der Waals surface area contributed by atoms with E-state index in [9.17, 15) is 4.39 Å². The number of hydrogen-bond donors (Lipinski definition) is 1. The van der Waals surface area contributed by atoms with Crippen LogP contribution in [0, 0.1) is 5.82 Å². The van der Waals surface area contributed by atoms with Crippen LogP contribution in [0.25, 0.3) is 0 Å². The largest absolute Gasteiger partial charge is 0.373 e. The van der Waals surface area contributed by atoms with Gasteiger partial charge in [0.25, 0.3) is 0 Å². The van der Waals surface area contributed by atoms with Gasteiger partial charge in [-0.1, -0.05) is 22.0 Å². The van der Waals surface area contributed by atoms with Crippen LogP contribution in [0.2, 0.25) is 0 Å². The Morgan fingerprint density at radius 2 is 2.29 bits per heavy atom. The predicted octanol–water partition coefficient (Wildman–Crippen LogP) is 3.00. The molecule has 3 rings (SSSR count). The smallest absolute Gasteiger partial charge is 0.128 e. The molecule has 2 heterocycles. The van der Waals surface area contributed by atoms with E-state index >= 15 is 0 Å². The van der Waals surface area contributed by atoms with E-state index in [2.05, 4.69) is 21.2 Å². The summed E-state index contributed by atoms with van der Waals surface area (Å²) in [6.07, 6.45) is 4.19. The summed E-state index contributed by atoms with van der Waals surface area (Å²) in [6.45, 7) is 0.580. The molecule has 2 fully saturated rings. The summed E-state index contributed by atoms with van der Waals surface area (Å²) >= 11 is 3.26. The summed E-state index contributed by atoms with van der Waals surface area (Å²) in [7, 11) is 0. The van der Waals surface area contributed by atoms with Crippen LogP contribution >= 0.6 is 15.9 Å². The van der Waals surface area contributed by atoms with Gasteiger partial charge in [-0.15, -0.1) is 0 Å². The lowest BCUT2D eigenvalue weighted by molar-refractivity contribution is 0.0972. The quantitative estimate of drug-likeness (QED) is 0.926. The number of halogens is 2. The van der Waals surface area contributed by atoms with Gasteiger partial charge in [0.2, 0.25) is 0 Å². The summed E-state index contributed by atoms with van der Waals surface area (Å²) in [5, 5.41) is 3.41. The van der Waals surface area contributed by atoms with E-state index in [0.29, 0.717) is 24.8 Å². The number of nitrogens with one attached hydrogen (secondary N) is 1. The van der Waals surface area contributed by atoms with Crippen LogP contribution in [0.15, 0.2) is 22.7 Å². The molecule has 2 saturated heterocycles. The molecule has 0 aliphatic carbocycles. The first-order valence-corrected chi connectivity index (χ1v) is 6.84. The van der Waals surface area contributed by atoms with Gasteiger partial charge in [0.1, 0.15) is 5.82 Å². The Bertz CT molecular complexity index is 426. The summed E-state index contributed by atoms with van der Waals surface area (Å²) in [6, 6.07) is 5.60. The molecule has 2 aliphatic rings. The molecule has 4 heteroatoms. The fourth-order valence-electron chi connectivity index (χ4n) is 2.76. The maximum atomic E-state index is 13.6. The third kappa shape index (κ3) is 2.39. The number of hydrogen-bond acceptors (Lipinski definition) is 2. The molecule has 92 valence electrons. The van der Waals surface area contributed by atoms with Crippen molar-refractivity contribution in [3.8, 4) is 0 Å². The first-order valence-electron chi connectivity index (χ1n) is 6.05. The number of benzene rings is 1. The lowest BCUT2D eigenvalue weighted by Crippen LogP contribution is -2.37. The second kappa shape index (κ2) is 4.67. The van der Waals surface area contributed by atoms with Gasteiger partial charge in [0.15, 0.2) is 0 Å². The average Bonchev–Trinajstić information content (AvgIpc) is 2.89. The highest BCUT2D eigenvalue weighted by atomic mass is 79.9. The van der Waals surface area contributed by atoms with Crippen molar-refractivity contribution in [2.75, 3.05) is 0 Å².